The second kappa shape index (κ2) is 5.81. The van der Waals surface area contributed by atoms with E-state index >= 15 is 0 Å². The Labute approximate surface area is 139 Å². The van der Waals surface area contributed by atoms with Gasteiger partial charge in [0.05, 0.1) is 6.04 Å². The highest BCUT2D eigenvalue weighted by atomic mass is 16.3. The lowest BCUT2D eigenvalue weighted by atomic mass is 10.0. The van der Waals surface area contributed by atoms with Crippen LogP contribution in [0.15, 0.2) is 22.6 Å². The number of fused-ring (bicyclic) bond motifs is 1. The number of carbonyl (C=O) groups excluding carboxylic acids is 2. The molecule has 1 N–H and O–H groups in total. The molecule has 0 saturated carbocycles. The van der Waals surface area contributed by atoms with Crippen LogP contribution in [0.5, 0.6) is 0 Å². The Morgan fingerprint density at radius 3 is 3.04 bits per heavy atom. The van der Waals surface area contributed by atoms with Crippen molar-refractivity contribution in [2.45, 2.75) is 25.8 Å². The van der Waals surface area contributed by atoms with Crippen molar-refractivity contribution in [3.63, 3.8) is 0 Å². The van der Waals surface area contributed by atoms with Crippen LogP contribution >= 0.6 is 0 Å². The first kappa shape index (κ1) is 15.0. The highest BCUT2D eigenvalue weighted by Crippen LogP contribution is 2.22. The van der Waals surface area contributed by atoms with Crippen LogP contribution in [0.3, 0.4) is 0 Å². The number of hydrogen-bond acceptors (Lipinski definition) is 4. The van der Waals surface area contributed by atoms with Crippen molar-refractivity contribution in [2.24, 2.45) is 0 Å². The second-order valence-corrected chi connectivity index (χ2v) is 6.39. The predicted octanol–water partition coefficient (Wildman–Crippen LogP) is 1.77. The number of carbonyl (C=O) groups is 2. The Balaban J connectivity index is 1.53. The monoisotopic (exact) mass is 328 g/mol. The lowest BCUT2D eigenvalue weighted by Crippen LogP contribution is -2.50. The molecule has 0 aliphatic carbocycles. The number of aryl methyl sites for hydroxylation is 1. The van der Waals surface area contributed by atoms with Crippen molar-refractivity contribution in [3.05, 3.63) is 29.7 Å². The molecular formula is C17H20N4O3. The molecule has 24 heavy (non-hydrogen) atoms. The van der Waals surface area contributed by atoms with E-state index in [1.165, 1.54) is 0 Å². The standard InChI is InChI=1S/C17H20N4O3/c1-11-19-14-5-4-12(9-15(14)24-11)16(22)20-7-2-3-13(10-20)21-8-6-18-17(21)23/h4-5,9,13H,2-3,6-8,10H2,1H3,(H,18,23). The Kier molecular flexibility index (Phi) is 3.63. The highest BCUT2D eigenvalue weighted by molar-refractivity contribution is 5.97. The van der Waals surface area contributed by atoms with Gasteiger partial charge in [-0.2, -0.15) is 0 Å². The Morgan fingerprint density at radius 2 is 2.25 bits per heavy atom. The van der Waals surface area contributed by atoms with Crippen molar-refractivity contribution in [1.29, 1.82) is 0 Å². The molecule has 2 saturated heterocycles. The molecule has 7 heteroatoms. The number of piperidine rings is 1. The molecule has 2 aromatic rings. The molecule has 3 amide bonds. The SMILES string of the molecule is Cc1nc2ccc(C(=O)N3CCCC(N4CCNC4=O)C3)cc2o1. The summed E-state index contributed by atoms with van der Waals surface area (Å²) in [6, 6.07) is 5.44. The molecule has 2 aliphatic heterocycles. The number of urea groups is 1. The maximum absolute atomic E-state index is 12.8. The number of rotatable bonds is 2. The van der Waals surface area contributed by atoms with E-state index in [1.807, 2.05) is 15.9 Å². The van der Waals surface area contributed by atoms with Crippen LogP contribution in [0.2, 0.25) is 0 Å². The Bertz CT molecular complexity index is 800. The van der Waals surface area contributed by atoms with Gasteiger partial charge in [0.25, 0.3) is 5.91 Å². The number of benzene rings is 1. The third-order valence-electron chi connectivity index (χ3n) is 4.76. The minimum atomic E-state index is -0.0205. The van der Waals surface area contributed by atoms with Gasteiger partial charge in [0.2, 0.25) is 0 Å². The van der Waals surface area contributed by atoms with Gasteiger partial charge in [0.1, 0.15) is 5.52 Å². The molecule has 0 spiro atoms. The van der Waals surface area contributed by atoms with Crippen LogP contribution in [-0.2, 0) is 0 Å². The van der Waals surface area contributed by atoms with Crippen LogP contribution in [0.25, 0.3) is 11.1 Å². The van der Waals surface area contributed by atoms with E-state index in [0.29, 0.717) is 30.1 Å². The van der Waals surface area contributed by atoms with Gasteiger partial charge < -0.3 is 19.5 Å². The molecule has 3 heterocycles. The summed E-state index contributed by atoms with van der Waals surface area (Å²) in [7, 11) is 0. The first-order valence-corrected chi connectivity index (χ1v) is 8.33. The Morgan fingerprint density at radius 1 is 1.38 bits per heavy atom. The fourth-order valence-corrected chi connectivity index (χ4v) is 3.58. The molecule has 1 aromatic carbocycles. The molecule has 7 nitrogen and oxygen atoms in total. The number of amides is 3. The van der Waals surface area contributed by atoms with E-state index in [-0.39, 0.29) is 18.0 Å². The molecule has 1 unspecified atom stereocenters. The summed E-state index contributed by atoms with van der Waals surface area (Å²) in [5.41, 5.74) is 1.99. The number of aromatic nitrogens is 1. The summed E-state index contributed by atoms with van der Waals surface area (Å²) in [5.74, 6) is 0.572. The van der Waals surface area contributed by atoms with Crippen LogP contribution in [0.1, 0.15) is 29.1 Å². The average Bonchev–Trinajstić information content (AvgIpc) is 3.18. The van der Waals surface area contributed by atoms with Crippen molar-refractivity contribution in [2.75, 3.05) is 26.2 Å². The van der Waals surface area contributed by atoms with E-state index in [1.54, 1.807) is 19.1 Å². The topological polar surface area (TPSA) is 78.7 Å². The van der Waals surface area contributed by atoms with E-state index in [4.69, 9.17) is 4.42 Å². The molecule has 4 rings (SSSR count). The minimum absolute atomic E-state index is 0.0183. The lowest BCUT2D eigenvalue weighted by molar-refractivity contribution is 0.0634. The van der Waals surface area contributed by atoms with Gasteiger partial charge in [-0.3, -0.25) is 4.79 Å². The minimum Gasteiger partial charge on any atom is -0.441 e. The molecule has 1 aromatic heterocycles. The molecule has 2 fully saturated rings. The summed E-state index contributed by atoms with van der Waals surface area (Å²) in [6.07, 6.45) is 1.85. The number of nitrogens with zero attached hydrogens (tertiary/aromatic N) is 3. The molecule has 0 radical (unpaired) electrons. The fraction of sp³-hybridized carbons (Fsp3) is 0.471. The maximum atomic E-state index is 12.8. The zero-order chi connectivity index (χ0) is 16.7. The third kappa shape index (κ3) is 2.60. The fourth-order valence-electron chi connectivity index (χ4n) is 3.58. The van der Waals surface area contributed by atoms with Gasteiger partial charge in [-0.05, 0) is 31.0 Å². The van der Waals surface area contributed by atoms with Crippen LogP contribution < -0.4 is 5.32 Å². The van der Waals surface area contributed by atoms with E-state index in [0.717, 1.165) is 31.4 Å². The molecule has 0 bridgehead atoms. The van der Waals surface area contributed by atoms with Gasteiger partial charge in [-0.15, -0.1) is 0 Å². The molecule has 1 atom stereocenters. The predicted molar refractivity (Wildman–Crippen MR) is 87.8 cm³/mol. The van der Waals surface area contributed by atoms with Crippen molar-refractivity contribution >= 4 is 23.0 Å². The van der Waals surface area contributed by atoms with Gasteiger partial charge in [0, 0.05) is 38.7 Å². The highest BCUT2D eigenvalue weighted by Gasteiger charge is 2.33. The van der Waals surface area contributed by atoms with Gasteiger partial charge >= 0.3 is 6.03 Å². The van der Waals surface area contributed by atoms with Gasteiger partial charge in [-0.25, -0.2) is 9.78 Å². The molecule has 126 valence electrons. The van der Waals surface area contributed by atoms with Gasteiger partial charge in [-0.1, -0.05) is 0 Å². The normalized spacial score (nSPS) is 21.4. The third-order valence-corrected chi connectivity index (χ3v) is 4.76. The second-order valence-electron chi connectivity index (χ2n) is 6.39. The summed E-state index contributed by atoms with van der Waals surface area (Å²) >= 11 is 0. The number of oxazole rings is 1. The van der Waals surface area contributed by atoms with E-state index < -0.39 is 0 Å². The first-order chi connectivity index (χ1) is 11.6. The number of nitrogens with one attached hydrogen (secondary N) is 1. The van der Waals surface area contributed by atoms with Crippen LogP contribution in [-0.4, -0.2) is 58.9 Å². The van der Waals surface area contributed by atoms with Crippen molar-refractivity contribution in [1.82, 2.24) is 20.1 Å². The summed E-state index contributed by atoms with van der Waals surface area (Å²) < 4.78 is 5.52. The Hall–Kier alpha value is -2.57. The quantitative estimate of drug-likeness (QED) is 0.911. The smallest absolute Gasteiger partial charge is 0.317 e. The largest absolute Gasteiger partial charge is 0.441 e. The number of hydrogen-bond donors (Lipinski definition) is 1. The van der Waals surface area contributed by atoms with E-state index in [2.05, 4.69) is 10.3 Å². The van der Waals surface area contributed by atoms with Crippen molar-refractivity contribution < 1.29 is 14.0 Å². The van der Waals surface area contributed by atoms with Crippen molar-refractivity contribution in [3.8, 4) is 0 Å². The summed E-state index contributed by atoms with van der Waals surface area (Å²) in [4.78, 5) is 32.6. The summed E-state index contributed by atoms with van der Waals surface area (Å²) in [6.45, 7) is 4.50. The molecule has 2 aliphatic rings. The lowest BCUT2D eigenvalue weighted by Gasteiger charge is -2.37. The maximum Gasteiger partial charge on any atom is 0.317 e. The number of likely N-dealkylation sites (tertiary alicyclic amines) is 1. The van der Waals surface area contributed by atoms with Crippen LogP contribution in [0.4, 0.5) is 4.79 Å². The summed E-state index contributed by atoms with van der Waals surface area (Å²) in [5, 5.41) is 2.83. The zero-order valence-corrected chi connectivity index (χ0v) is 13.6. The first-order valence-electron chi connectivity index (χ1n) is 8.33. The van der Waals surface area contributed by atoms with Gasteiger partial charge in [0.15, 0.2) is 11.5 Å². The molecular weight excluding hydrogens is 308 g/mol. The zero-order valence-electron chi connectivity index (χ0n) is 13.6. The van der Waals surface area contributed by atoms with E-state index in [9.17, 15) is 9.59 Å². The van der Waals surface area contributed by atoms with Crippen LogP contribution in [0, 0.1) is 6.92 Å². The average molecular weight is 328 g/mol.